The first kappa shape index (κ1) is 12.2. The lowest BCUT2D eigenvalue weighted by Crippen LogP contribution is -2.00. The molecule has 0 aliphatic heterocycles. The van der Waals surface area contributed by atoms with Crippen LogP contribution in [0.2, 0.25) is 0 Å². The molecule has 0 heterocycles. The lowest BCUT2D eigenvalue weighted by Gasteiger charge is -2.11. The lowest BCUT2D eigenvalue weighted by molar-refractivity contribution is 0.219. The Kier molecular flexibility index (Phi) is 3.54. The molecule has 88 valence electrons. The summed E-state index contributed by atoms with van der Waals surface area (Å²) in [7, 11) is 0. The average molecular weight is 299 g/mol. The van der Waals surface area contributed by atoms with Crippen LogP contribution in [0.1, 0.15) is 17.2 Å². The molecule has 0 fully saturated rings. The molecule has 1 atom stereocenters. The average Bonchev–Trinajstić information content (AvgIpc) is 2.28. The Hall–Kier alpha value is -1.26. The summed E-state index contributed by atoms with van der Waals surface area (Å²) in [6.07, 6.45) is -1.03. The van der Waals surface area contributed by atoms with Gasteiger partial charge in [-0.1, -0.05) is 28.1 Å². The number of halogens is 3. The standard InChI is InChI=1S/C13H9BrF2O/c14-10-3-1-8(2-4-10)13(17)9-5-11(15)7-12(16)6-9/h1-7,13,17H/t13-/m0/s1. The van der Waals surface area contributed by atoms with E-state index in [4.69, 9.17) is 0 Å². The minimum atomic E-state index is -1.03. The molecule has 0 unspecified atom stereocenters. The van der Waals surface area contributed by atoms with Crippen molar-refractivity contribution in [1.82, 2.24) is 0 Å². The largest absolute Gasteiger partial charge is 0.384 e. The number of hydrogen-bond donors (Lipinski definition) is 1. The summed E-state index contributed by atoms with van der Waals surface area (Å²) in [4.78, 5) is 0. The van der Waals surface area contributed by atoms with Crippen LogP contribution in [-0.2, 0) is 0 Å². The second-order valence-corrected chi connectivity index (χ2v) is 4.57. The van der Waals surface area contributed by atoms with Crippen molar-refractivity contribution >= 4 is 15.9 Å². The minimum absolute atomic E-state index is 0.199. The predicted molar refractivity (Wildman–Crippen MR) is 64.6 cm³/mol. The molecule has 2 rings (SSSR count). The van der Waals surface area contributed by atoms with E-state index in [1.54, 1.807) is 24.3 Å². The quantitative estimate of drug-likeness (QED) is 0.894. The van der Waals surface area contributed by atoms with E-state index in [-0.39, 0.29) is 5.56 Å². The number of benzene rings is 2. The van der Waals surface area contributed by atoms with E-state index in [0.29, 0.717) is 5.56 Å². The summed E-state index contributed by atoms with van der Waals surface area (Å²) in [6, 6.07) is 9.92. The summed E-state index contributed by atoms with van der Waals surface area (Å²) >= 11 is 3.27. The Balaban J connectivity index is 2.36. The summed E-state index contributed by atoms with van der Waals surface area (Å²) in [5, 5.41) is 9.98. The van der Waals surface area contributed by atoms with Crippen LogP contribution in [0.25, 0.3) is 0 Å². The lowest BCUT2D eigenvalue weighted by atomic mass is 10.0. The van der Waals surface area contributed by atoms with Gasteiger partial charge in [-0.05, 0) is 35.4 Å². The summed E-state index contributed by atoms with van der Waals surface area (Å²) in [6.45, 7) is 0. The minimum Gasteiger partial charge on any atom is -0.384 e. The summed E-state index contributed by atoms with van der Waals surface area (Å²) in [5.74, 6) is -1.40. The monoisotopic (exact) mass is 298 g/mol. The second kappa shape index (κ2) is 4.94. The fraction of sp³-hybridized carbons (Fsp3) is 0.0769. The molecule has 17 heavy (non-hydrogen) atoms. The molecule has 0 radical (unpaired) electrons. The van der Waals surface area contributed by atoms with Crippen molar-refractivity contribution in [1.29, 1.82) is 0 Å². The molecule has 0 aromatic heterocycles. The van der Waals surface area contributed by atoms with Gasteiger partial charge in [0.25, 0.3) is 0 Å². The van der Waals surface area contributed by atoms with Gasteiger partial charge >= 0.3 is 0 Å². The smallest absolute Gasteiger partial charge is 0.126 e. The van der Waals surface area contributed by atoms with Crippen LogP contribution in [0, 0.1) is 11.6 Å². The molecule has 2 aromatic carbocycles. The molecular formula is C13H9BrF2O. The fourth-order valence-electron chi connectivity index (χ4n) is 1.57. The molecule has 0 amide bonds. The SMILES string of the molecule is O[C@@H](c1ccc(Br)cc1)c1cc(F)cc(F)c1. The zero-order valence-corrected chi connectivity index (χ0v) is 10.3. The fourth-order valence-corrected chi connectivity index (χ4v) is 1.83. The van der Waals surface area contributed by atoms with Gasteiger partial charge in [-0.15, -0.1) is 0 Å². The number of hydrogen-bond acceptors (Lipinski definition) is 1. The van der Waals surface area contributed by atoms with Gasteiger partial charge in [-0.2, -0.15) is 0 Å². The molecule has 1 N–H and O–H groups in total. The highest BCUT2D eigenvalue weighted by Gasteiger charge is 2.12. The topological polar surface area (TPSA) is 20.2 Å². The van der Waals surface area contributed by atoms with E-state index in [0.717, 1.165) is 22.7 Å². The first-order chi connectivity index (χ1) is 8.06. The third-order valence-electron chi connectivity index (χ3n) is 2.39. The Bertz CT molecular complexity index is 505. The zero-order chi connectivity index (χ0) is 12.4. The molecular weight excluding hydrogens is 290 g/mol. The van der Waals surface area contributed by atoms with Crippen LogP contribution in [0.5, 0.6) is 0 Å². The molecule has 0 aliphatic rings. The van der Waals surface area contributed by atoms with E-state index in [2.05, 4.69) is 15.9 Å². The van der Waals surface area contributed by atoms with Gasteiger partial charge in [-0.3, -0.25) is 0 Å². The highest BCUT2D eigenvalue weighted by atomic mass is 79.9. The van der Waals surface area contributed by atoms with E-state index in [9.17, 15) is 13.9 Å². The Morgan fingerprint density at radius 1 is 0.882 bits per heavy atom. The summed E-state index contributed by atoms with van der Waals surface area (Å²) < 4.78 is 26.9. The second-order valence-electron chi connectivity index (χ2n) is 3.66. The van der Waals surface area contributed by atoms with E-state index < -0.39 is 17.7 Å². The highest BCUT2D eigenvalue weighted by Crippen LogP contribution is 2.24. The van der Waals surface area contributed by atoms with Crippen molar-refractivity contribution in [2.75, 3.05) is 0 Å². The molecule has 0 saturated heterocycles. The molecule has 0 spiro atoms. The number of aliphatic hydroxyl groups excluding tert-OH is 1. The normalized spacial score (nSPS) is 12.5. The van der Waals surface area contributed by atoms with Gasteiger partial charge in [0.05, 0.1) is 0 Å². The molecule has 0 aliphatic carbocycles. The molecule has 0 bridgehead atoms. The first-order valence-corrected chi connectivity index (χ1v) is 5.75. The number of aliphatic hydroxyl groups is 1. The van der Waals surface area contributed by atoms with Crippen LogP contribution in [0.4, 0.5) is 8.78 Å². The maximum atomic E-state index is 13.0. The van der Waals surface area contributed by atoms with E-state index >= 15 is 0 Å². The first-order valence-electron chi connectivity index (χ1n) is 4.96. The van der Waals surface area contributed by atoms with Crippen molar-refractivity contribution in [3.05, 3.63) is 69.7 Å². The third-order valence-corrected chi connectivity index (χ3v) is 2.92. The zero-order valence-electron chi connectivity index (χ0n) is 8.70. The van der Waals surface area contributed by atoms with Crippen molar-refractivity contribution in [2.24, 2.45) is 0 Å². The van der Waals surface area contributed by atoms with Crippen LogP contribution in [0.3, 0.4) is 0 Å². The van der Waals surface area contributed by atoms with Gasteiger partial charge in [0.2, 0.25) is 0 Å². The van der Waals surface area contributed by atoms with Crippen molar-refractivity contribution < 1.29 is 13.9 Å². The van der Waals surface area contributed by atoms with Gasteiger partial charge in [0.1, 0.15) is 17.7 Å². The van der Waals surface area contributed by atoms with Crippen LogP contribution in [0.15, 0.2) is 46.9 Å². The van der Waals surface area contributed by atoms with E-state index in [1.807, 2.05) is 0 Å². The number of rotatable bonds is 2. The highest BCUT2D eigenvalue weighted by molar-refractivity contribution is 9.10. The predicted octanol–water partition coefficient (Wildman–Crippen LogP) is 3.81. The summed E-state index contributed by atoms with van der Waals surface area (Å²) in [5.41, 5.74) is 0.781. The Morgan fingerprint density at radius 3 is 1.94 bits per heavy atom. The van der Waals surface area contributed by atoms with Gasteiger partial charge < -0.3 is 5.11 Å². The van der Waals surface area contributed by atoms with Crippen LogP contribution in [-0.4, -0.2) is 5.11 Å². The Morgan fingerprint density at radius 2 is 1.41 bits per heavy atom. The van der Waals surface area contributed by atoms with Crippen molar-refractivity contribution in [3.8, 4) is 0 Å². The van der Waals surface area contributed by atoms with Crippen LogP contribution >= 0.6 is 15.9 Å². The Labute approximate surface area is 106 Å². The van der Waals surface area contributed by atoms with Crippen LogP contribution < -0.4 is 0 Å². The van der Waals surface area contributed by atoms with Crippen molar-refractivity contribution in [3.63, 3.8) is 0 Å². The van der Waals surface area contributed by atoms with Gasteiger partial charge in [-0.25, -0.2) is 8.78 Å². The van der Waals surface area contributed by atoms with Gasteiger partial charge in [0.15, 0.2) is 0 Å². The third kappa shape index (κ3) is 2.90. The molecule has 2 aromatic rings. The van der Waals surface area contributed by atoms with Gasteiger partial charge in [0, 0.05) is 10.5 Å². The molecule has 0 saturated carbocycles. The molecule has 4 heteroatoms. The van der Waals surface area contributed by atoms with E-state index in [1.165, 1.54) is 0 Å². The molecule has 1 nitrogen and oxygen atoms in total. The maximum absolute atomic E-state index is 13.0. The van der Waals surface area contributed by atoms with Crippen molar-refractivity contribution in [2.45, 2.75) is 6.10 Å². The maximum Gasteiger partial charge on any atom is 0.126 e.